The van der Waals surface area contributed by atoms with Gasteiger partial charge in [0.15, 0.2) is 11.5 Å². The van der Waals surface area contributed by atoms with Crippen LogP contribution >= 0.6 is 0 Å². The van der Waals surface area contributed by atoms with Crippen molar-refractivity contribution in [2.75, 3.05) is 26.9 Å². The molecule has 1 unspecified atom stereocenters. The fourth-order valence-electron chi connectivity index (χ4n) is 2.29. The number of methoxy groups -OCH3 is 1. The molecule has 0 amide bonds. The predicted octanol–water partition coefficient (Wildman–Crippen LogP) is 1.24. The highest BCUT2D eigenvalue weighted by Gasteiger charge is 2.15. The summed E-state index contributed by atoms with van der Waals surface area (Å²) in [5, 5.41) is 0. The number of nitrogens with zero attached hydrogens (tertiary/aromatic N) is 1. The number of aromatic amines is 1. The van der Waals surface area contributed by atoms with Crippen LogP contribution < -0.4 is 15.2 Å². The molecule has 3 N–H and O–H groups in total. The third-order valence-corrected chi connectivity index (χ3v) is 3.42. The third-order valence-electron chi connectivity index (χ3n) is 3.42. The van der Waals surface area contributed by atoms with Crippen LogP contribution in [0.4, 0.5) is 0 Å². The largest absolute Gasteiger partial charge is 0.489 e. The van der Waals surface area contributed by atoms with E-state index in [1.807, 2.05) is 12.1 Å². The van der Waals surface area contributed by atoms with Crippen LogP contribution in [0.25, 0.3) is 11.0 Å². The van der Waals surface area contributed by atoms with Gasteiger partial charge >= 0.3 is 0 Å². The fourth-order valence-corrected chi connectivity index (χ4v) is 2.29. The van der Waals surface area contributed by atoms with Crippen LogP contribution in [0.15, 0.2) is 12.1 Å². The molecule has 0 saturated heterocycles. The van der Waals surface area contributed by atoms with Crippen molar-refractivity contribution in [1.29, 1.82) is 0 Å². The highest BCUT2D eigenvalue weighted by molar-refractivity contribution is 5.79. The van der Waals surface area contributed by atoms with Crippen LogP contribution in [-0.2, 0) is 11.2 Å². The van der Waals surface area contributed by atoms with E-state index in [1.165, 1.54) is 0 Å². The van der Waals surface area contributed by atoms with Crippen molar-refractivity contribution in [2.45, 2.75) is 18.9 Å². The van der Waals surface area contributed by atoms with Gasteiger partial charge in [-0.3, -0.25) is 0 Å². The van der Waals surface area contributed by atoms with Gasteiger partial charge < -0.3 is 24.9 Å². The number of hydrogen-bond donors (Lipinski definition) is 2. The second-order valence-electron chi connectivity index (χ2n) is 4.85. The van der Waals surface area contributed by atoms with Crippen LogP contribution in [-0.4, -0.2) is 42.9 Å². The molecule has 2 heterocycles. The summed E-state index contributed by atoms with van der Waals surface area (Å²) in [6.07, 6.45) is 1.53. The maximum Gasteiger partial charge on any atom is 0.163 e. The second-order valence-corrected chi connectivity index (χ2v) is 4.85. The van der Waals surface area contributed by atoms with E-state index in [9.17, 15) is 0 Å². The highest BCUT2D eigenvalue weighted by atomic mass is 16.5. The number of hydrogen-bond acceptors (Lipinski definition) is 5. The Morgan fingerprint density at radius 3 is 2.80 bits per heavy atom. The van der Waals surface area contributed by atoms with Crippen LogP contribution in [0.2, 0.25) is 0 Å². The maximum absolute atomic E-state index is 5.67. The van der Waals surface area contributed by atoms with Crippen molar-refractivity contribution in [2.24, 2.45) is 5.73 Å². The van der Waals surface area contributed by atoms with Crippen molar-refractivity contribution >= 4 is 11.0 Å². The number of benzene rings is 1. The van der Waals surface area contributed by atoms with Gasteiger partial charge in [0.05, 0.1) is 30.4 Å². The summed E-state index contributed by atoms with van der Waals surface area (Å²) in [4.78, 5) is 7.84. The standard InChI is InChI=1S/C14H19N3O3/c1-18-9(8-15)5-14-16-10-6-12-13(7-11(10)17-14)20-4-2-3-19-12/h6-7,9H,2-5,8,15H2,1H3,(H,16,17). The summed E-state index contributed by atoms with van der Waals surface area (Å²) in [7, 11) is 1.66. The lowest BCUT2D eigenvalue weighted by Gasteiger charge is -2.09. The van der Waals surface area contributed by atoms with Gasteiger partial charge in [0.1, 0.15) is 5.82 Å². The Hall–Kier alpha value is -1.79. The zero-order valence-electron chi connectivity index (χ0n) is 11.5. The number of rotatable bonds is 4. The average Bonchev–Trinajstić information content (AvgIpc) is 2.70. The van der Waals surface area contributed by atoms with Gasteiger partial charge in [-0.15, -0.1) is 0 Å². The van der Waals surface area contributed by atoms with Crippen LogP contribution in [0, 0.1) is 0 Å². The first-order valence-corrected chi connectivity index (χ1v) is 6.81. The number of fused-ring (bicyclic) bond motifs is 2. The molecule has 1 aromatic carbocycles. The molecular formula is C14H19N3O3. The molecule has 0 fully saturated rings. The minimum atomic E-state index is -0.0270. The number of nitrogens with two attached hydrogens (primary N) is 1. The van der Waals surface area contributed by atoms with Crippen molar-refractivity contribution in [3.8, 4) is 11.5 Å². The molecule has 0 bridgehead atoms. The van der Waals surface area contributed by atoms with Gasteiger partial charge in [-0.1, -0.05) is 0 Å². The lowest BCUT2D eigenvalue weighted by atomic mass is 10.2. The van der Waals surface area contributed by atoms with Crippen molar-refractivity contribution < 1.29 is 14.2 Å². The number of aromatic nitrogens is 2. The SMILES string of the molecule is COC(CN)Cc1nc2cc3c(cc2[nH]1)OCCCO3. The zero-order valence-corrected chi connectivity index (χ0v) is 11.5. The van der Waals surface area contributed by atoms with E-state index < -0.39 is 0 Å². The number of nitrogens with one attached hydrogen (secondary N) is 1. The number of H-pyrrole nitrogens is 1. The summed E-state index contributed by atoms with van der Waals surface area (Å²) in [5.41, 5.74) is 7.45. The fraction of sp³-hybridized carbons (Fsp3) is 0.500. The number of ether oxygens (including phenoxy) is 3. The van der Waals surface area contributed by atoms with Gasteiger partial charge in [0.2, 0.25) is 0 Å². The Morgan fingerprint density at radius 1 is 1.35 bits per heavy atom. The minimum Gasteiger partial charge on any atom is -0.489 e. The molecule has 6 heteroatoms. The first kappa shape index (κ1) is 13.2. The zero-order chi connectivity index (χ0) is 13.9. The van der Waals surface area contributed by atoms with Crippen LogP contribution in [0.1, 0.15) is 12.2 Å². The molecule has 6 nitrogen and oxygen atoms in total. The molecule has 0 saturated carbocycles. The Balaban J connectivity index is 1.91. The average molecular weight is 277 g/mol. The van der Waals surface area contributed by atoms with E-state index in [0.29, 0.717) is 26.2 Å². The van der Waals surface area contributed by atoms with E-state index in [2.05, 4.69) is 9.97 Å². The molecule has 1 atom stereocenters. The lowest BCUT2D eigenvalue weighted by molar-refractivity contribution is 0.108. The van der Waals surface area contributed by atoms with Crippen molar-refractivity contribution in [3.05, 3.63) is 18.0 Å². The second kappa shape index (κ2) is 5.68. The maximum atomic E-state index is 5.67. The molecule has 0 aliphatic carbocycles. The topological polar surface area (TPSA) is 82.4 Å². The Morgan fingerprint density at radius 2 is 2.10 bits per heavy atom. The Kier molecular flexibility index (Phi) is 3.75. The summed E-state index contributed by atoms with van der Waals surface area (Å²) >= 11 is 0. The monoisotopic (exact) mass is 277 g/mol. The van der Waals surface area contributed by atoms with E-state index >= 15 is 0 Å². The Labute approximate surface area is 117 Å². The quantitative estimate of drug-likeness (QED) is 0.878. The molecule has 0 spiro atoms. The van der Waals surface area contributed by atoms with Crippen molar-refractivity contribution in [3.63, 3.8) is 0 Å². The Bertz CT molecular complexity index is 550. The van der Waals surface area contributed by atoms with Gasteiger partial charge in [0, 0.05) is 38.6 Å². The van der Waals surface area contributed by atoms with E-state index in [-0.39, 0.29) is 6.10 Å². The van der Waals surface area contributed by atoms with Crippen molar-refractivity contribution in [1.82, 2.24) is 9.97 Å². The number of imidazole rings is 1. The molecule has 1 aliphatic rings. The first-order chi connectivity index (χ1) is 9.80. The lowest BCUT2D eigenvalue weighted by Crippen LogP contribution is -2.25. The summed E-state index contributed by atoms with van der Waals surface area (Å²) in [6, 6.07) is 3.86. The van der Waals surface area contributed by atoms with Gasteiger partial charge in [-0.2, -0.15) is 0 Å². The molecule has 1 aromatic heterocycles. The normalized spacial score (nSPS) is 16.1. The first-order valence-electron chi connectivity index (χ1n) is 6.81. The minimum absolute atomic E-state index is 0.0270. The molecule has 20 heavy (non-hydrogen) atoms. The third kappa shape index (κ3) is 2.57. The van der Waals surface area contributed by atoms with E-state index in [1.54, 1.807) is 7.11 Å². The van der Waals surface area contributed by atoms with Crippen LogP contribution in [0.5, 0.6) is 11.5 Å². The molecule has 3 rings (SSSR count). The summed E-state index contributed by atoms with van der Waals surface area (Å²) < 4.78 is 16.6. The molecule has 108 valence electrons. The van der Waals surface area contributed by atoms with Gasteiger partial charge in [-0.05, 0) is 0 Å². The predicted molar refractivity (Wildman–Crippen MR) is 75.3 cm³/mol. The van der Waals surface area contributed by atoms with Gasteiger partial charge in [0.25, 0.3) is 0 Å². The van der Waals surface area contributed by atoms with Gasteiger partial charge in [-0.25, -0.2) is 4.98 Å². The molecule has 0 radical (unpaired) electrons. The van der Waals surface area contributed by atoms with E-state index in [0.717, 1.165) is 34.8 Å². The van der Waals surface area contributed by atoms with Crippen LogP contribution in [0.3, 0.4) is 0 Å². The van der Waals surface area contributed by atoms with E-state index in [4.69, 9.17) is 19.9 Å². The summed E-state index contributed by atoms with van der Waals surface area (Å²) in [6.45, 7) is 1.82. The highest BCUT2D eigenvalue weighted by Crippen LogP contribution is 2.33. The molecular weight excluding hydrogens is 258 g/mol. The smallest absolute Gasteiger partial charge is 0.163 e. The summed E-state index contributed by atoms with van der Waals surface area (Å²) in [5.74, 6) is 2.39. The molecule has 1 aliphatic heterocycles. The molecule has 2 aromatic rings.